The summed E-state index contributed by atoms with van der Waals surface area (Å²) in [6.45, 7) is 0. The first-order valence-corrected chi connectivity index (χ1v) is 8.56. The highest BCUT2D eigenvalue weighted by atomic mass is 19.4. The van der Waals surface area contributed by atoms with Crippen LogP contribution in [-0.2, 0) is 15.8 Å². The summed E-state index contributed by atoms with van der Waals surface area (Å²) in [6, 6.07) is 4.27. The number of pyridine rings is 1. The second kappa shape index (κ2) is 5.09. The molecular weight excluding hydrogens is 361 g/mol. The van der Waals surface area contributed by atoms with Gasteiger partial charge in [0.05, 0.1) is 28.6 Å². The van der Waals surface area contributed by atoms with Gasteiger partial charge in [-0.1, -0.05) is 18.2 Å². The fourth-order valence-corrected chi connectivity index (χ4v) is 4.78. The summed E-state index contributed by atoms with van der Waals surface area (Å²) in [5.41, 5.74) is -1.83. The fraction of sp³-hybridized carbons (Fsp3) is 0.316. The van der Waals surface area contributed by atoms with Gasteiger partial charge in [0.2, 0.25) is 17.4 Å². The van der Waals surface area contributed by atoms with Gasteiger partial charge in [-0.05, 0) is 30.4 Å². The predicted molar refractivity (Wildman–Crippen MR) is 89.8 cm³/mol. The van der Waals surface area contributed by atoms with E-state index >= 15 is 0 Å². The van der Waals surface area contributed by atoms with Gasteiger partial charge in [-0.3, -0.25) is 14.4 Å². The number of allylic oxidation sites excluding steroid dienone is 2. The maximum Gasteiger partial charge on any atom is 0.417 e. The maximum absolute atomic E-state index is 13.2. The van der Waals surface area contributed by atoms with Crippen LogP contribution in [0.2, 0.25) is 0 Å². The van der Waals surface area contributed by atoms with Crippen LogP contribution in [0.5, 0.6) is 0 Å². The van der Waals surface area contributed by atoms with Crippen LogP contribution in [0, 0.1) is 23.7 Å². The molecule has 2 aliphatic carbocycles. The van der Waals surface area contributed by atoms with E-state index in [2.05, 4.69) is 4.98 Å². The molecule has 8 heteroatoms. The van der Waals surface area contributed by atoms with Crippen LogP contribution in [-0.4, -0.2) is 16.8 Å². The van der Waals surface area contributed by atoms with Crippen LogP contribution in [0.3, 0.4) is 0 Å². The van der Waals surface area contributed by atoms with Crippen LogP contribution < -0.4 is 10.5 Å². The molecular formula is C19H13F3N2O3. The Morgan fingerprint density at radius 2 is 1.59 bits per heavy atom. The van der Waals surface area contributed by atoms with E-state index in [4.69, 9.17) is 0 Å². The molecule has 1 saturated carbocycles. The van der Waals surface area contributed by atoms with Crippen LogP contribution in [0.1, 0.15) is 12.0 Å². The Morgan fingerprint density at radius 3 is 2.19 bits per heavy atom. The largest absolute Gasteiger partial charge is 0.417 e. The van der Waals surface area contributed by atoms with Gasteiger partial charge in [0, 0.05) is 11.5 Å². The maximum atomic E-state index is 13.2. The molecule has 2 fully saturated rings. The highest BCUT2D eigenvalue weighted by Crippen LogP contribution is 2.53. The van der Waals surface area contributed by atoms with Gasteiger partial charge in [-0.15, -0.1) is 0 Å². The van der Waals surface area contributed by atoms with E-state index in [1.54, 1.807) is 0 Å². The Morgan fingerprint density at radius 1 is 0.963 bits per heavy atom. The number of halogens is 3. The molecule has 4 atom stereocenters. The number of fused-ring (bicyclic) bond motifs is 6. The van der Waals surface area contributed by atoms with Crippen LogP contribution in [0.25, 0.3) is 10.9 Å². The lowest BCUT2D eigenvalue weighted by Gasteiger charge is -2.18. The zero-order valence-electron chi connectivity index (χ0n) is 13.8. The lowest BCUT2D eigenvalue weighted by Crippen LogP contribution is -2.32. The quantitative estimate of drug-likeness (QED) is 0.616. The monoisotopic (exact) mass is 374 g/mol. The Kier molecular flexibility index (Phi) is 3.07. The number of imide groups is 1. The van der Waals surface area contributed by atoms with Crippen molar-refractivity contribution in [1.82, 2.24) is 4.98 Å². The molecule has 0 unspecified atom stereocenters. The number of rotatable bonds is 1. The molecule has 27 heavy (non-hydrogen) atoms. The van der Waals surface area contributed by atoms with Crippen molar-refractivity contribution in [3.63, 3.8) is 0 Å². The number of hydrogen-bond donors (Lipinski definition) is 1. The minimum absolute atomic E-state index is 0.0403. The lowest BCUT2D eigenvalue weighted by molar-refractivity contribution is -0.136. The summed E-state index contributed by atoms with van der Waals surface area (Å²) in [5, 5.41) is -0.188. The normalized spacial score (nSPS) is 29.2. The lowest BCUT2D eigenvalue weighted by atomic mass is 9.85. The van der Waals surface area contributed by atoms with E-state index in [1.165, 1.54) is 18.2 Å². The van der Waals surface area contributed by atoms with E-state index in [9.17, 15) is 27.6 Å². The van der Waals surface area contributed by atoms with Gasteiger partial charge in [-0.25, -0.2) is 4.90 Å². The van der Waals surface area contributed by atoms with Crippen LogP contribution in [0.4, 0.5) is 18.9 Å². The van der Waals surface area contributed by atoms with Gasteiger partial charge in [0.25, 0.3) is 0 Å². The summed E-state index contributed by atoms with van der Waals surface area (Å²) >= 11 is 0. The molecule has 3 aliphatic rings. The summed E-state index contributed by atoms with van der Waals surface area (Å²) < 4.78 is 39.6. The Hall–Kier alpha value is -2.90. The van der Waals surface area contributed by atoms with Crippen molar-refractivity contribution in [1.29, 1.82) is 0 Å². The highest BCUT2D eigenvalue weighted by Gasteiger charge is 2.59. The van der Waals surface area contributed by atoms with E-state index in [-0.39, 0.29) is 40.2 Å². The first-order valence-electron chi connectivity index (χ1n) is 8.56. The Balaban J connectivity index is 1.62. The number of aromatic amines is 1. The predicted octanol–water partition coefficient (Wildman–Crippen LogP) is 2.86. The zero-order chi connectivity index (χ0) is 19.1. The number of nitrogens with one attached hydrogen (secondary N) is 1. The average Bonchev–Trinajstić information content (AvgIpc) is 3.26. The van der Waals surface area contributed by atoms with Gasteiger partial charge in [0.15, 0.2) is 0 Å². The van der Waals surface area contributed by atoms with E-state index in [0.717, 1.165) is 11.3 Å². The van der Waals surface area contributed by atoms with Crippen LogP contribution in [0.15, 0.2) is 41.2 Å². The molecule has 1 saturated heterocycles. The molecule has 2 bridgehead atoms. The molecule has 0 radical (unpaired) electrons. The van der Waals surface area contributed by atoms with Gasteiger partial charge < -0.3 is 4.98 Å². The second-order valence-electron chi connectivity index (χ2n) is 7.29. The third kappa shape index (κ3) is 2.15. The number of alkyl halides is 3. The molecule has 2 aromatic rings. The number of carbonyl (C=O) groups is 2. The Bertz CT molecular complexity index is 1070. The first-order chi connectivity index (χ1) is 12.8. The fourth-order valence-electron chi connectivity index (χ4n) is 4.78. The topological polar surface area (TPSA) is 70.2 Å². The number of anilines is 1. The van der Waals surface area contributed by atoms with E-state index in [0.29, 0.717) is 6.07 Å². The molecule has 1 aliphatic heterocycles. The van der Waals surface area contributed by atoms with Gasteiger partial charge in [-0.2, -0.15) is 13.2 Å². The van der Waals surface area contributed by atoms with E-state index < -0.39 is 29.1 Å². The Labute approximate surface area is 150 Å². The number of aromatic nitrogens is 1. The standard InChI is InChI=1S/C19H13F3N2O3/c20-19(21,22)12-7-14(25)23-13-6-10(3-4-11(12)13)24-17(26)15-8-1-2-9(5-8)16(15)18(24)27/h1-4,6-9,15-16H,5H2,(H,23,25)/t8-,9+,15-,16+. The highest BCUT2D eigenvalue weighted by molar-refractivity contribution is 6.23. The number of hydrogen-bond acceptors (Lipinski definition) is 3. The van der Waals surface area contributed by atoms with Crippen molar-refractivity contribution in [2.75, 3.05) is 4.90 Å². The van der Waals surface area contributed by atoms with Crippen molar-refractivity contribution in [3.05, 3.63) is 52.3 Å². The third-order valence-electron chi connectivity index (χ3n) is 5.86. The molecule has 2 heterocycles. The first kappa shape index (κ1) is 16.3. The number of benzene rings is 1. The van der Waals surface area contributed by atoms with Crippen LogP contribution >= 0.6 is 0 Å². The molecule has 1 aromatic carbocycles. The average molecular weight is 374 g/mol. The molecule has 1 N–H and O–H groups in total. The smallest absolute Gasteiger partial charge is 0.322 e. The number of carbonyl (C=O) groups excluding carboxylic acids is 2. The zero-order valence-corrected chi connectivity index (χ0v) is 13.8. The number of nitrogens with zero attached hydrogens (tertiary/aromatic N) is 1. The number of H-pyrrole nitrogens is 1. The van der Waals surface area contributed by atoms with Crippen molar-refractivity contribution >= 4 is 28.4 Å². The van der Waals surface area contributed by atoms with E-state index in [1.807, 2.05) is 12.2 Å². The third-order valence-corrected chi connectivity index (χ3v) is 5.86. The van der Waals surface area contributed by atoms with Crippen molar-refractivity contribution in [3.8, 4) is 0 Å². The molecule has 1 aromatic heterocycles. The molecule has 5 nitrogen and oxygen atoms in total. The summed E-state index contributed by atoms with van der Waals surface area (Å²) in [6.07, 6.45) is 0.0395. The molecule has 2 amide bonds. The summed E-state index contributed by atoms with van der Waals surface area (Å²) in [4.78, 5) is 40.7. The van der Waals surface area contributed by atoms with Gasteiger partial charge >= 0.3 is 6.18 Å². The summed E-state index contributed by atoms with van der Waals surface area (Å²) in [7, 11) is 0. The summed E-state index contributed by atoms with van der Waals surface area (Å²) in [5.74, 6) is -1.37. The minimum atomic E-state index is -4.69. The number of amides is 2. The molecule has 5 rings (SSSR count). The SMILES string of the molecule is O=C1[C@@H]2[C@H](C(=O)N1c1ccc3c(C(F)(F)F)cc(=O)[nH]c3c1)[C@@H]1C=C[C@H]2C1. The second-order valence-corrected chi connectivity index (χ2v) is 7.29. The van der Waals surface area contributed by atoms with Crippen molar-refractivity contribution in [2.45, 2.75) is 12.6 Å². The molecule has 0 spiro atoms. The minimum Gasteiger partial charge on any atom is -0.322 e. The molecule has 138 valence electrons. The van der Waals surface area contributed by atoms with Crippen molar-refractivity contribution in [2.24, 2.45) is 23.7 Å². The van der Waals surface area contributed by atoms with Gasteiger partial charge in [0.1, 0.15) is 0 Å². The van der Waals surface area contributed by atoms with Crippen molar-refractivity contribution < 1.29 is 22.8 Å².